The van der Waals surface area contributed by atoms with Crippen LogP contribution >= 0.6 is 0 Å². The quantitative estimate of drug-likeness (QED) is 0.0270. The monoisotopic (exact) mass is 1410 g/mol. The number of hydrogen-bond acceptors (Lipinski definition) is 27. The molecule has 0 spiro atoms. The van der Waals surface area contributed by atoms with Gasteiger partial charge in [0.15, 0.2) is 53.1 Å². The summed E-state index contributed by atoms with van der Waals surface area (Å²) >= 11 is 0. The molecule has 99 heavy (non-hydrogen) atoms. The van der Waals surface area contributed by atoms with Crippen LogP contribution in [0.25, 0.3) is 22.3 Å². The Kier molecular flexibility index (Phi) is 23.1. The number of aryl methyl sites for hydroxylation is 2. The van der Waals surface area contributed by atoms with Gasteiger partial charge in [0.05, 0.1) is 42.3 Å². The van der Waals surface area contributed by atoms with Crippen molar-refractivity contribution in [3.8, 4) is 0 Å². The SMILES string of the molecule is C=C[C@H](C)[C@@]1(COS(=O)(=O)c2ccc(C)cc2)OC(OC(C)=O)[C@H](OC(C)=O)[C@@H]1OC.C=C[C@H](C)[C@@]1(COS(=O)(=O)c2ccc(C)cc2)O[C@@H](n2cnc3c(NC(=O)c4ccccc4)ncnc32)[C@H](OC(C)=O)[C@@H]1OC.C=C[C@H](C)[C@@]12CO[C@@H]([C@H](n3cnc4c(N)ncnc43)O1)[C@@H]2OC. The van der Waals surface area contributed by atoms with Gasteiger partial charge >= 0.3 is 17.9 Å². The highest BCUT2D eigenvalue weighted by molar-refractivity contribution is 7.87. The van der Waals surface area contributed by atoms with Crippen LogP contribution in [0.2, 0.25) is 0 Å². The average molecular weight is 1410 g/mol. The van der Waals surface area contributed by atoms with E-state index in [0.29, 0.717) is 29.2 Å². The molecule has 1 amide bonds. The zero-order valence-electron chi connectivity index (χ0n) is 56.4. The van der Waals surface area contributed by atoms with E-state index < -0.39 is 123 Å². The Bertz CT molecular complexity index is 4320. The maximum atomic E-state index is 13.2. The zero-order valence-corrected chi connectivity index (χ0v) is 58.0. The number of fused-ring (bicyclic) bond motifs is 4. The number of nitrogen functional groups attached to an aromatic ring is 1. The fraction of sp³-hybridized carbons (Fsp3) is 0.433. The summed E-state index contributed by atoms with van der Waals surface area (Å²) in [5.41, 5.74) is 6.18. The van der Waals surface area contributed by atoms with Crippen molar-refractivity contribution in [1.29, 1.82) is 0 Å². The lowest BCUT2D eigenvalue weighted by atomic mass is 9.83. The third-order valence-electron chi connectivity index (χ3n) is 17.8. The van der Waals surface area contributed by atoms with Gasteiger partial charge in [0.25, 0.3) is 26.1 Å². The molecule has 4 aliphatic heterocycles. The van der Waals surface area contributed by atoms with Crippen LogP contribution in [0.5, 0.6) is 0 Å². The summed E-state index contributed by atoms with van der Waals surface area (Å²) in [4.78, 5) is 73.9. The van der Waals surface area contributed by atoms with Crippen molar-refractivity contribution in [1.82, 2.24) is 39.0 Å². The summed E-state index contributed by atoms with van der Waals surface area (Å²) in [5, 5.41) is 2.75. The molecule has 530 valence electrons. The number of amides is 1. The number of nitrogens with one attached hydrogen (secondary N) is 1. The van der Waals surface area contributed by atoms with Crippen molar-refractivity contribution >= 4 is 78.0 Å². The molecule has 3 aromatic carbocycles. The maximum Gasteiger partial charge on any atom is 0.305 e. The van der Waals surface area contributed by atoms with E-state index in [1.165, 1.54) is 88.9 Å². The van der Waals surface area contributed by atoms with E-state index in [-0.39, 0.29) is 51.1 Å². The molecular weight excluding hydrogens is 1330 g/mol. The first-order chi connectivity index (χ1) is 47.1. The summed E-state index contributed by atoms with van der Waals surface area (Å²) in [6, 6.07) is 21.0. The van der Waals surface area contributed by atoms with E-state index >= 15 is 0 Å². The highest BCUT2D eigenvalue weighted by Crippen LogP contribution is 2.51. The van der Waals surface area contributed by atoms with Gasteiger partial charge in [0.1, 0.15) is 59.4 Å². The molecule has 11 rings (SSSR count). The molecule has 4 aliphatic rings. The highest BCUT2D eigenvalue weighted by Gasteiger charge is 2.65. The molecule has 4 saturated heterocycles. The second-order valence-corrected chi connectivity index (χ2v) is 27.2. The van der Waals surface area contributed by atoms with Crippen molar-refractivity contribution in [2.45, 2.75) is 137 Å². The Balaban J connectivity index is 0.000000184. The first-order valence-corrected chi connectivity index (χ1v) is 33.9. The van der Waals surface area contributed by atoms with Crippen LogP contribution in [0.4, 0.5) is 11.6 Å². The van der Waals surface area contributed by atoms with Crippen LogP contribution < -0.4 is 11.1 Å². The molecule has 4 aromatic heterocycles. The molecular formula is C67H80N10O20S2. The Labute approximate surface area is 572 Å². The Hall–Kier alpha value is -8.80. The van der Waals surface area contributed by atoms with E-state index in [0.717, 1.165) is 11.1 Å². The molecule has 1 unspecified atom stereocenters. The second-order valence-electron chi connectivity index (χ2n) is 24.0. The number of methoxy groups -OCH3 is 3. The van der Waals surface area contributed by atoms with Gasteiger partial charge in [-0.05, 0) is 50.2 Å². The summed E-state index contributed by atoms with van der Waals surface area (Å²) in [5.74, 6) is -2.88. The van der Waals surface area contributed by atoms with Crippen molar-refractivity contribution in [3.63, 3.8) is 0 Å². The highest BCUT2D eigenvalue weighted by atomic mass is 32.2. The Morgan fingerprint density at radius 3 is 1.60 bits per heavy atom. The van der Waals surface area contributed by atoms with Crippen LogP contribution in [-0.4, -0.2) is 181 Å². The van der Waals surface area contributed by atoms with Crippen LogP contribution in [0, 0.1) is 31.6 Å². The topological polar surface area (TPSA) is 373 Å². The average Bonchev–Trinajstić information content (AvgIpc) is 1.57. The van der Waals surface area contributed by atoms with Gasteiger partial charge in [-0.15, -0.1) is 19.7 Å². The number of rotatable bonds is 24. The van der Waals surface area contributed by atoms with E-state index in [1.54, 1.807) is 88.0 Å². The van der Waals surface area contributed by atoms with E-state index in [4.69, 9.17) is 61.5 Å². The summed E-state index contributed by atoms with van der Waals surface area (Å²) < 4.78 is 125. The lowest BCUT2D eigenvalue weighted by Gasteiger charge is -2.37. The first-order valence-electron chi connectivity index (χ1n) is 31.1. The number of aromatic nitrogens is 8. The minimum absolute atomic E-state index is 0.0282. The minimum atomic E-state index is -4.22. The van der Waals surface area contributed by atoms with Gasteiger partial charge in [0, 0.05) is 65.4 Å². The van der Waals surface area contributed by atoms with Crippen LogP contribution in [0.3, 0.4) is 0 Å². The normalized spacial score (nSPS) is 26.4. The van der Waals surface area contributed by atoms with Gasteiger partial charge in [-0.25, -0.2) is 29.9 Å². The second kappa shape index (κ2) is 30.8. The number of hydrogen-bond donors (Lipinski definition) is 2. The van der Waals surface area contributed by atoms with Gasteiger partial charge in [-0.2, -0.15) is 16.8 Å². The summed E-state index contributed by atoms with van der Waals surface area (Å²) in [6.07, 6.45) is 3.19. The minimum Gasteiger partial charge on any atom is -0.455 e. The third-order valence-corrected chi connectivity index (χ3v) is 20.3. The van der Waals surface area contributed by atoms with Crippen molar-refractivity contribution in [3.05, 3.63) is 159 Å². The number of nitrogens with two attached hydrogens (primary N) is 1. The van der Waals surface area contributed by atoms with Crippen LogP contribution in [0.1, 0.15) is 75.5 Å². The molecule has 0 aliphatic carbocycles. The molecule has 8 heterocycles. The van der Waals surface area contributed by atoms with Crippen LogP contribution in [-0.2, 0) is 90.4 Å². The largest absolute Gasteiger partial charge is 0.455 e. The smallest absolute Gasteiger partial charge is 0.305 e. The predicted octanol–water partition coefficient (Wildman–Crippen LogP) is 6.87. The molecule has 3 N–H and O–H groups in total. The third kappa shape index (κ3) is 15.1. The van der Waals surface area contributed by atoms with Gasteiger partial charge in [-0.1, -0.05) is 92.6 Å². The van der Waals surface area contributed by atoms with E-state index in [2.05, 4.69) is 61.9 Å². The number of ether oxygens (including phenoxy) is 10. The maximum absolute atomic E-state index is 13.2. The lowest BCUT2D eigenvalue weighted by molar-refractivity contribution is -0.212. The number of carbonyl (C=O) groups is 4. The zero-order chi connectivity index (χ0) is 71.9. The fourth-order valence-corrected chi connectivity index (χ4v) is 14.2. The Morgan fingerprint density at radius 2 is 1.08 bits per heavy atom. The molecule has 4 fully saturated rings. The van der Waals surface area contributed by atoms with E-state index in [1.807, 2.05) is 24.5 Å². The number of esters is 3. The summed E-state index contributed by atoms with van der Waals surface area (Å²) in [6.45, 7) is 23.8. The van der Waals surface area contributed by atoms with E-state index in [9.17, 15) is 36.0 Å². The van der Waals surface area contributed by atoms with Gasteiger partial charge < -0.3 is 58.4 Å². The Morgan fingerprint density at radius 1 is 0.606 bits per heavy atom. The number of anilines is 2. The van der Waals surface area contributed by atoms with Gasteiger partial charge in [-0.3, -0.25) is 36.7 Å². The predicted molar refractivity (Wildman–Crippen MR) is 354 cm³/mol. The number of carbonyl (C=O) groups excluding carboxylic acids is 4. The standard InChI is InChI=1S/C31H33N5O8S.C21H28O9S.C15H19N5O3/c1-6-20(3)31(16-42-45(39,40)23-14-12-19(2)13-15-23)26(41-5)25(43-21(4)37)30(44-31)36-18-34-24-27(32-17-33-28(24)36)35-29(38)22-10-8-7-9-11-22;1-7-14(3)21(12-27-31(24,25)17-10-8-13(2)9-11-17)19(26-6)18(28-15(4)22)20(30-21)29-16(5)23;1-4-8(2)15-5-22-10(11(15)21-3)14(23-15)20-7-19-9-12(16)17-6-18-13(9)20/h6-15,17-18,20,25-26,30H,1,16H2,2-5H3,(H,32,33,35,38);7-11,14,18-20H,1,12H2,2-6H3;4,6-8,10-11,14H,1,5H2,2-3H3,(H2,16,17,18)/t20-,25+,26-,30+,31+;14-,18+,19-,20?,21+;8-,10+,11-,14+,15+/m000/s1. The molecule has 0 radical (unpaired) electrons. The molecule has 0 saturated carbocycles. The van der Waals surface area contributed by atoms with Crippen LogP contribution in [0.15, 0.2) is 152 Å². The lowest BCUT2D eigenvalue weighted by Crippen LogP contribution is -2.53. The molecule has 2 bridgehead atoms. The molecule has 15 atom stereocenters. The fourth-order valence-electron chi connectivity index (χ4n) is 12.3. The molecule has 7 aromatic rings. The number of nitrogens with zero attached hydrogens (tertiary/aromatic N) is 8. The number of benzene rings is 3. The molecule has 30 nitrogen and oxygen atoms in total. The first kappa shape index (κ1) is 74.4. The van der Waals surface area contributed by atoms with Crippen molar-refractivity contribution in [2.24, 2.45) is 17.8 Å². The number of imidazole rings is 2. The summed E-state index contributed by atoms with van der Waals surface area (Å²) in [7, 11) is -3.94. The van der Waals surface area contributed by atoms with Gasteiger partial charge in [0.2, 0.25) is 6.29 Å². The van der Waals surface area contributed by atoms with Crippen molar-refractivity contribution in [2.75, 3.05) is 52.2 Å². The molecule has 32 heteroatoms. The van der Waals surface area contributed by atoms with Crippen molar-refractivity contribution < 1.29 is 91.7 Å².